The molecule has 3 nitrogen and oxygen atoms in total. The van der Waals surface area contributed by atoms with E-state index in [-0.39, 0.29) is 11.8 Å². The second kappa shape index (κ2) is 13.6. The molecule has 1 rings (SSSR count). The number of unbranched alkanes of at least 4 members (excludes halogenated alkanes) is 3. The lowest BCUT2D eigenvalue weighted by Gasteiger charge is -2.13. The Balaban J connectivity index is 0.000000468. The van der Waals surface area contributed by atoms with Crippen molar-refractivity contribution in [2.45, 2.75) is 72.6 Å². The van der Waals surface area contributed by atoms with Crippen molar-refractivity contribution >= 4 is 24.4 Å². The first-order chi connectivity index (χ1) is 10.9. The third-order valence-corrected chi connectivity index (χ3v) is 4.07. The molecule has 1 aliphatic rings. The van der Waals surface area contributed by atoms with Crippen LogP contribution in [0.3, 0.4) is 0 Å². The number of carbonyl (C=O) groups is 2. The van der Waals surface area contributed by atoms with E-state index in [4.69, 9.17) is 0 Å². The molecule has 0 aromatic carbocycles. The van der Waals surface area contributed by atoms with E-state index < -0.39 is 0 Å². The molecule has 0 fully saturated rings. The van der Waals surface area contributed by atoms with Crippen LogP contribution in [-0.2, 0) is 9.59 Å². The van der Waals surface area contributed by atoms with Crippen molar-refractivity contribution in [2.75, 3.05) is 12.3 Å². The zero-order valence-electron chi connectivity index (χ0n) is 15.4. The topological polar surface area (TPSA) is 37.4 Å². The Morgan fingerprint density at radius 1 is 0.826 bits per heavy atom. The summed E-state index contributed by atoms with van der Waals surface area (Å²) in [4.78, 5) is 23.6. The Hall–Kier alpha value is -0.770. The quantitative estimate of drug-likeness (QED) is 0.350. The predicted molar refractivity (Wildman–Crippen MR) is 102 cm³/mol. The van der Waals surface area contributed by atoms with E-state index in [1.165, 1.54) is 42.7 Å². The highest BCUT2D eigenvalue weighted by Crippen LogP contribution is 2.10. The molecule has 1 aliphatic heterocycles. The van der Waals surface area contributed by atoms with Gasteiger partial charge in [0.1, 0.15) is 0 Å². The van der Waals surface area contributed by atoms with Crippen LogP contribution in [0, 0.1) is 11.8 Å². The molecule has 0 aliphatic carbocycles. The molecule has 0 N–H and O–H groups in total. The molecule has 0 bridgehead atoms. The zero-order valence-corrected chi connectivity index (χ0v) is 16.3. The summed E-state index contributed by atoms with van der Waals surface area (Å²) in [6.07, 6.45) is 11.2. The first-order valence-electron chi connectivity index (χ1n) is 9.02. The van der Waals surface area contributed by atoms with E-state index in [1.54, 1.807) is 0 Å². The smallest absolute Gasteiger partial charge is 0.253 e. The predicted octanol–water partition coefficient (Wildman–Crippen LogP) is 4.87. The minimum absolute atomic E-state index is 0.167. The van der Waals surface area contributed by atoms with E-state index in [0.717, 1.165) is 30.9 Å². The maximum absolute atomic E-state index is 11.1. The first kappa shape index (κ1) is 22.2. The van der Waals surface area contributed by atoms with Gasteiger partial charge < -0.3 is 0 Å². The summed E-state index contributed by atoms with van der Waals surface area (Å²) in [7, 11) is 0. The Bertz CT molecular complexity index is 346. The minimum Gasteiger partial charge on any atom is -0.275 e. The van der Waals surface area contributed by atoms with E-state index in [0.29, 0.717) is 12.5 Å². The minimum atomic E-state index is -0.167. The molecule has 0 spiro atoms. The Morgan fingerprint density at radius 2 is 1.30 bits per heavy atom. The van der Waals surface area contributed by atoms with Crippen molar-refractivity contribution in [3.63, 3.8) is 0 Å². The SMILES string of the molecule is CC(C)CCCCCS.CC(C)CCCCN1C(=O)C=CC1=O. The maximum atomic E-state index is 11.1. The number of imide groups is 1. The monoisotopic (exact) mass is 341 g/mol. The summed E-state index contributed by atoms with van der Waals surface area (Å²) >= 11 is 4.15. The molecular formula is C19H35NO2S. The van der Waals surface area contributed by atoms with Gasteiger partial charge in [-0.15, -0.1) is 0 Å². The molecule has 134 valence electrons. The molecule has 0 aromatic heterocycles. The fraction of sp³-hybridized carbons (Fsp3) is 0.789. The van der Waals surface area contributed by atoms with Gasteiger partial charge in [0.15, 0.2) is 0 Å². The molecule has 1 heterocycles. The number of hydrogen-bond donors (Lipinski definition) is 1. The van der Waals surface area contributed by atoms with E-state index in [1.807, 2.05) is 0 Å². The number of hydrogen-bond acceptors (Lipinski definition) is 3. The van der Waals surface area contributed by atoms with Crippen LogP contribution in [0.2, 0.25) is 0 Å². The average molecular weight is 342 g/mol. The van der Waals surface area contributed by atoms with Gasteiger partial charge in [0.2, 0.25) is 0 Å². The molecule has 0 radical (unpaired) electrons. The lowest BCUT2D eigenvalue weighted by Crippen LogP contribution is -2.30. The molecule has 0 saturated heterocycles. The van der Waals surface area contributed by atoms with Gasteiger partial charge in [-0.3, -0.25) is 14.5 Å². The van der Waals surface area contributed by atoms with E-state index in [9.17, 15) is 9.59 Å². The van der Waals surface area contributed by atoms with Crippen molar-refractivity contribution in [2.24, 2.45) is 11.8 Å². The molecular weight excluding hydrogens is 306 g/mol. The van der Waals surface area contributed by atoms with Gasteiger partial charge >= 0.3 is 0 Å². The third kappa shape index (κ3) is 12.3. The Morgan fingerprint density at radius 3 is 1.74 bits per heavy atom. The number of carbonyl (C=O) groups excluding carboxylic acids is 2. The molecule has 0 atom stereocenters. The fourth-order valence-electron chi connectivity index (χ4n) is 2.32. The highest BCUT2D eigenvalue weighted by atomic mass is 32.1. The summed E-state index contributed by atoms with van der Waals surface area (Å²) < 4.78 is 0. The molecule has 0 saturated carbocycles. The van der Waals surface area contributed by atoms with Gasteiger partial charge in [-0.2, -0.15) is 12.6 Å². The van der Waals surface area contributed by atoms with Gasteiger partial charge in [0, 0.05) is 18.7 Å². The largest absolute Gasteiger partial charge is 0.275 e. The van der Waals surface area contributed by atoms with Crippen molar-refractivity contribution in [1.82, 2.24) is 4.90 Å². The molecule has 0 aromatic rings. The van der Waals surface area contributed by atoms with Gasteiger partial charge in [-0.1, -0.05) is 59.8 Å². The number of rotatable bonds is 10. The van der Waals surface area contributed by atoms with Crippen molar-refractivity contribution in [1.29, 1.82) is 0 Å². The standard InChI is InChI=1S/C11H17NO2.C8H18S/c1-9(2)5-3-4-8-12-10(13)6-7-11(12)14;1-8(2)6-4-3-5-7-9/h6-7,9H,3-5,8H2,1-2H3;8-9H,3-7H2,1-2H3. The lowest BCUT2D eigenvalue weighted by atomic mass is 10.1. The molecule has 23 heavy (non-hydrogen) atoms. The van der Waals surface area contributed by atoms with Gasteiger partial charge in [0.05, 0.1) is 0 Å². The third-order valence-electron chi connectivity index (χ3n) is 3.75. The van der Waals surface area contributed by atoms with Crippen LogP contribution in [0.1, 0.15) is 72.6 Å². The zero-order chi connectivity index (χ0) is 17.7. The molecule has 2 amide bonds. The van der Waals surface area contributed by atoms with Crippen LogP contribution in [0.25, 0.3) is 0 Å². The highest BCUT2D eigenvalue weighted by Gasteiger charge is 2.22. The van der Waals surface area contributed by atoms with Crippen molar-refractivity contribution in [3.05, 3.63) is 12.2 Å². The molecule has 4 heteroatoms. The second-order valence-electron chi connectivity index (χ2n) is 7.02. The van der Waals surface area contributed by atoms with Crippen molar-refractivity contribution < 1.29 is 9.59 Å². The summed E-state index contributed by atoms with van der Waals surface area (Å²) in [5, 5.41) is 0. The Kier molecular flexibility index (Phi) is 13.2. The van der Waals surface area contributed by atoms with Crippen LogP contribution < -0.4 is 0 Å². The summed E-state index contributed by atoms with van der Waals surface area (Å²) in [5.74, 6) is 2.29. The van der Waals surface area contributed by atoms with Gasteiger partial charge in [-0.05, 0) is 30.4 Å². The highest BCUT2D eigenvalue weighted by molar-refractivity contribution is 7.80. The average Bonchev–Trinajstić information content (AvgIpc) is 2.80. The van der Waals surface area contributed by atoms with Crippen LogP contribution in [-0.4, -0.2) is 29.0 Å². The normalized spacial score (nSPS) is 14.0. The number of nitrogens with zero attached hydrogens (tertiary/aromatic N) is 1. The summed E-state index contributed by atoms with van der Waals surface area (Å²) in [6, 6.07) is 0. The maximum Gasteiger partial charge on any atom is 0.253 e. The summed E-state index contributed by atoms with van der Waals surface area (Å²) in [6.45, 7) is 9.47. The number of amides is 2. The fourth-order valence-corrected chi connectivity index (χ4v) is 2.54. The van der Waals surface area contributed by atoms with Gasteiger partial charge in [0.25, 0.3) is 11.8 Å². The Labute approximate surface area is 148 Å². The van der Waals surface area contributed by atoms with E-state index in [2.05, 4.69) is 40.3 Å². The van der Waals surface area contributed by atoms with E-state index >= 15 is 0 Å². The first-order valence-corrected chi connectivity index (χ1v) is 9.66. The van der Waals surface area contributed by atoms with Crippen LogP contribution in [0.15, 0.2) is 12.2 Å². The van der Waals surface area contributed by atoms with Crippen LogP contribution in [0.5, 0.6) is 0 Å². The van der Waals surface area contributed by atoms with Crippen LogP contribution >= 0.6 is 12.6 Å². The second-order valence-corrected chi connectivity index (χ2v) is 7.47. The number of thiol groups is 1. The molecule has 0 unspecified atom stereocenters. The van der Waals surface area contributed by atoms with Gasteiger partial charge in [-0.25, -0.2) is 0 Å². The lowest BCUT2D eigenvalue weighted by molar-refractivity contribution is -0.136. The van der Waals surface area contributed by atoms with Crippen molar-refractivity contribution in [3.8, 4) is 0 Å². The summed E-state index contributed by atoms with van der Waals surface area (Å²) in [5.41, 5.74) is 0. The van der Waals surface area contributed by atoms with Crippen LogP contribution in [0.4, 0.5) is 0 Å².